The lowest BCUT2D eigenvalue weighted by Crippen LogP contribution is -2.42. The first-order valence-corrected chi connectivity index (χ1v) is 5.41. The molecule has 2 nitrogen and oxygen atoms in total. The third-order valence-electron chi connectivity index (χ3n) is 2.76. The van der Waals surface area contributed by atoms with Gasteiger partial charge in [-0.05, 0) is 32.7 Å². The fourth-order valence-corrected chi connectivity index (χ4v) is 1.37. The van der Waals surface area contributed by atoms with Crippen LogP contribution in [0.3, 0.4) is 0 Å². The first-order valence-electron chi connectivity index (χ1n) is 5.41. The van der Waals surface area contributed by atoms with Crippen LogP contribution in [0, 0.1) is 5.92 Å². The molecule has 2 N–H and O–H groups in total. The van der Waals surface area contributed by atoms with Crippen molar-refractivity contribution in [1.29, 1.82) is 0 Å². The smallest absolute Gasteiger partial charge is 0.0448 e. The molecule has 0 bridgehead atoms. The SMILES string of the molecule is CCC(CC)CNC(C)(C)CCO. The highest BCUT2D eigenvalue weighted by Gasteiger charge is 2.17. The van der Waals surface area contributed by atoms with E-state index in [1.54, 1.807) is 0 Å². The van der Waals surface area contributed by atoms with Gasteiger partial charge in [0.05, 0.1) is 0 Å². The van der Waals surface area contributed by atoms with E-state index in [9.17, 15) is 0 Å². The molecule has 0 amide bonds. The molecule has 0 unspecified atom stereocenters. The summed E-state index contributed by atoms with van der Waals surface area (Å²) < 4.78 is 0. The first kappa shape index (κ1) is 12.9. The predicted octanol–water partition coefficient (Wildman–Crippen LogP) is 2.17. The molecule has 0 aromatic carbocycles. The zero-order chi connectivity index (χ0) is 10.3. The van der Waals surface area contributed by atoms with Gasteiger partial charge in [-0.15, -0.1) is 0 Å². The molecular formula is C11H25NO. The van der Waals surface area contributed by atoms with E-state index < -0.39 is 0 Å². The average Bonchev–Trinajstić information content (AvgIpc) is 2.06. The summed E-state index contributed by atoms with van der Waals surface area (Å²) in [6, 6.07) is 0. The van der Waals surface area contributed by atoms with Crippen LogP contribution in [0.25, 0.3) is 0 Å². The summed E-state index contributed by atoms with van der Waals surface area (Å²) in [4.78, 5) is 0. The normalized spacial score (nSPS) is 12.5. The van der Waals surface area contributed by atoms with Crippen molar-refractivity contribution in [3.8, 4) is 0 Å². The maximum absolute atomic E-state index is 8.84. The zero-order valence-electron chi connectivity index (χ0n) is 9.56. The number of hydrogen-bond acceptors (Lipinski definition) is 2. The van der Waals surface area contributed by atoms with Crippen molar-refractivity contribution < 1.29 is 5.11 Å². The minimum atomic E-state index is 0.0807. The molecule has 0 radical (unpaired) electrons. The lowest BCUT2D eigenvalue weighted by Gasteiger charge is -2.27. The molecule has 0 aromatic heterocycles. The van der Waals surface area contributed by atoms with Gasteiger partial charge in [0.1, 0.15) is 0 Å². The van der Waals surface area contributed by atoms with Crippen molar-refractivity contribution in [2.75, 3.05) is 13.2 Å². The van der Waals surface area contributed by atoms with Crippen molar-refractivity contribution >= 4 is 0 Å². The molecule has 0 rings (SSSR count). The Morgan fingerprint density at radius 1 is 1.23 bits per heavy atom. The van der Waals surface area contributed by atoms with Crippen LogP contribution in [0.5, 0.6) is 0 Å². The summed E-state index contributed by atoms with van der Waals surface area (Å²) in [5.41, 5.74) is 0.0807. The van der Waals surface area contributed by atoms with Crippen LogP contribution in [0.1, 0.15) is 47.0 Å². The average molecular weight is 187 g/mol. The Labute approximate surface area is 82.7 Å². The Hall–Kier alpha value is -0.0800. The highest BCUT2D eigenvalue weighted by Crippen LogP contribution is 2.11. The molecule has 0 atom stereocenters. The largest absolute Gasteiger partial charge is 0.396 e. The van der Waals surface area contributed by atoms with Crippen molar-refractivity contribution in [2.24, 2.45) is 5.92 Å². The quantitative estimate of drug-likeness (QED) is 0.640. The fourth-order valence-electron chi connectivity index (χ4n) is 1.37. The molecule has 13 heavy (non-hydrogen) atoms. The predicted molar refractivity (Wildman–Crippen MR) is 57.9 cm³/mol. The van der Waals surface area contributed by atoms with E-state index in [0.717, 1.165) is 18.9 Å². The standard InChI is InChI=1S/C11H25NO/c1-5-10(6-2)9-12-11(3,4)7-8-13/h10,12-13H,5-9H2,1-4H3. The molecule has 0 aliphatic heterocycles. The van der Waals surface area contributed by atoms with Crippen LogP contribution in [0.2, 0.25) is 0 Å². The lowest BCUT2D eigenvalue weighted by molar-refractivity contribution is 0.224. The van der Waals surface area contributed by atoms with E-state index in [4.69, 9.17) is 5.11 Å². The summed E-state index contributed by atoms with van der Waals surface area (Å²) >= 11 is 0. The van der Waals surface area contributed by atoms with Crippen molar-refractivity contribution in [3.05, 3.63) is 0 Å². The molecule has 2 heteroatoms. The molecule has 0 aliphatic carbocycles. The van der Waals surface area contributed by atoms with Crippen LogP contribution >= 0.6 is 0 Å². The van der Waals surface area contributed by atoms with Crippen LogP contribution in [-0.2, 0) is 0 Å². The van der Waals surface area contributed by atoms with Crippen LogP contribution < -0.4 is 5.32 Å². The summed E-state index contributed by atoms with van der Waals surface area (Å²) in [5.74, 6) is 0.776. The third-order valence-corrected chi connectivity index (χ3v) is 2.76. The highest BCUT2D eigenvalue weighted by atomic mass is 16.3. The molecule has 80 valence electrons. The molecule has 0 saturated heterocycles. The van der Waals surface area contributed by atoms with Crippen LogP contribution in [0.15, 0.2) is 0 Å². The summed E-state index contributed by atoms with van der Waals surface area (Å²) in [6.45, 7) is 10.1. The van der Waals surface area contributed by atoms with E-state index in [0.29, 0.717) is 0 Å². The second kappa shape index (κ2) is 6.39. The monoisotopic (exact) mass is 187 g/mol. The Bertz CT molecular complexity index is 119. The Balaban J connectivity index is 3.71. The second-order valence-electron chi connectivity index (χ2n) is 4.42. The van der Waals surface area contributed by atoms with Crippen LogP contribution in [-0.4, -0.2) is 23.8 Å². The Morgan fingerprint density at radius 3 is 2.15 bits per heavy atom. The zero-order valence-corrected chi connectivity index (χ0v) is 9.56. The molecule has 0 fully saturated rings. The maximum atomic E-state index is 8.84. The lowest BCUT2D eigenvalue weighted by atomic mass is 9.98. The maximum Gasteiger partial charge on any atom is 0.0448 e. The van der Waals surface area contributed by atoms with Crippen molar-refractivity contribution in [2.45, 2.75) is 52.5 Å². The summed E-state index contributed by atoms with van der Waals surface area (Å²) in [6.07, 6.45) is 3.30. The second-order valence-corrected chi connectivity index (χ2v) is 4.42. The topological polar surface area (TPSA) is 32.3 Å². The van der Waals surface area contributed by atoms with Crippen LogP contribution in [0.4, 0.5) is 0 Å². The molecular weight excluding hydrogens is 162 g/mol. The minimum absolute atomic E-state index is 0.0807. The number of rotatable bonds is 7. The highest BCUT2D eigenvalue weighted by molar-refractivity contribution is 4.77. The van der Waals surface area contributed by atoms with Crippen molar-refractivity contribution in [1.82, 2.24) is 5.32 Å². The van der Waals surface area contributed by atoms with Gasteiger partial charge in [0.2, 0.25) is 0 Å². The molecule has 0 heterocycles. The number of aliphatic hydroxyl groups is 1. The van der Waals surface area contributed by atoms with E-state index in [1.807, 2.05) is 0 Å². The molecule has 0 aromatic rings. The molecule has 0 aliphatic rings. The van der Waals surface area contributed by atoms with Crippen molar-refractivity contribution in [3.63, 3.8) is 0 Å². The Kier molecular flexibility index (Phi) is 6.35. The summed E-state index contributed by atoms with van der Waals surface area (Å²) in [7, 11) is 0. The van der Waals surface area contributed by atoms with Gasteiger partial charge in [-0.1, -0.05) is 26.7 Å². The van der Waals surface area contributed by atoms with E-state index >= 15 is 0 Å². The molecule has 0 spiro atoms. The number of hydrogen-bond donors (Lipinski definition) is 2. The Morgan fingerprint density at radius 2 is 1.77 bits per heavy atom. The van der Waals surface area contributed by atoms with Gasteiger partial charge in [0, 0.05) is 12.1 Å². The van der Waals surface area contributed by atoms with Gasteiger partial charge in [0.25, 0.3) is 0 Å². The summed E-state index contributed by atoms with van der Waals surface area (Å²) in [5, 5.41) is 12.3. The van der Waals surface area contributed by atoms with Gasteiger partial charge >= 0.3 is 0 Å². The van der Waals surface area contributed by atoms with Gasteiger partial charge < -0.3 is 10.4 Å². The first-order chi connectivity index (χ1) is 6.05. The van der Waals surface area contributed by atoms with Gasteiger partial charge in [-0.2, -0.15) is 0 Å². The van der Waals surface area contributed by atoms with Gasteiger partial charge in [0.15, 0.2) is 0 Å². The number of nitrogens with one attached hydrogen (secondary N) is 1. The van der Waals surface area contributed by atoms with E-state index in [2.05, 4.69) is 33.0 Å². The minimum Gasteiger partial charge on any atom is -0.396 e. The molecule has 0 saturated carbocycles. The fraction of sp³-hybridized carbons (Fsp3) is 1.00. The van der Waals surface area contributed by atoms with Gasteiger partial charge in [-0.3, -0.25) is 0 Å². The third kappa shape index (κ3) is 6.05. The number of aliphatic hydroxyl groups excluding tert-OH is 1. The van der Waals surface area contributed by atoms with Gasteiger partial charge in [-0.25, -0.2) is 0 Å². The van der Waals surface area contributed by atoms with E-state index in [-0.39, 0.29) is 12.1 Å². The van der Waals surface area contributed by atoms with E-state index in [1.165, 1.54) is 12.8 Å².